The number of rotatable bonds is 4. The van der Waals surface area contributed by atoms with Gasteiger partial charge in [0.15, 0.2) is 0 Å². The molecule has 6 nitrogen and oxygen atoms in total. The van der Waals surface area contributed by atoms with E-state index in [2.05, 4.69) is 10.2 Å². The van der Waals surface area contributed by atoms with Gasteiger partial charge in [-0.2, -0.15) is 0 Å². The standard InChI is InChI=1S/C24H29ClN2O4/c1-15-11-23-19(12-20(15)25)21(29)13-24(31-23)7-9-27(10-8-24)14-22(30)17-3-5-18(6-4-17)26-16(2)28/h3-6,11-12,21-22,29-30H,7-10,13-14H2,1-2H3,(H,26,28)/t21-,22-/m0/s1. The number of halogens is 1. The predicted molar refractivity (Wildman–Crippen MR) is 121 cm³/mol. The number of amides is 1. The van der Waals surface area contributed by atoms with E-state index < -0.39 is 12.2 Å². The maximum Gasteiger partial charge on any atom is 0.221 e. The lowest BCUT2D eigenvalue weighted by molar-refractivity contribution is -0.114. The zero-order valence-corrected chi connectivity index (χ0v) is 18.7. The summed E-state index contributed by atoms with van der Waals surface area (Å²) in [5.41, 5.74) is 2.86. The van der Waals surface area contributed by atoms with Crippen molar-refractivity contribution in [3.63, 3.8) is 0 Å². The summed E-state index contributed by atoms with van der Waals surface area (Å²) in [7, 11) is 0. The number of β-amino-alcohol motifs (C(OH)–C–C–N with tert-alkyl or cyclic N) is 1. The zero-order chi connectivity index (χ0) is 22.2. The van der Waals surface area contributed by atoms with Crippen LogP contribution in [0.4, 0.5) is 5.69 Å². The second kappa shape index (κ2) is 8.79. The summed E-state index contributed by atoms with van der Waals surface area (Å²) in [4.78, 5) is 13.4. The fourth-order valence-electron chi connectivity index (χ4n) is 4.55. The van der Waals surface area contributed by atoms with Gasteiger partial charge in [-0.3, -0.25) is 4.79 Å². The Labute approximate surface area is 187 Å². The molecule has 2 aliphatic heterocycles. The predicted octanol–water partition coefficient (Wildman–Crippen LogP) is 3.99. The molecule has 2 aromatic rings. The van der Waals surface area contributed by atoms with Crippen LogP contribution in [0.25, 0.3) is 0 Å². The van der Waals surface area contributed by atoms with Gasteiger partial charge in [-0.15, -0.1) is 0 Å². The average molecular weight is 445 g/mol. The Hall–Kier alpha value is -2.12. The number of benzene rings is 2. The summed E-state index contributed by atoms with van der Waals surface area (Å²) < 4.78 is 6.41. The molecule has 1 amide bonds. The summed E-state index contributed by atoms with van der Waals surface area (Å²) in [5.74, 6) is 0.611. The lowest BCUT2D eigenvalue weighted by atomic mass is 9.81. The molecule has 3 N–H and O–H groups in total. The molecule has 166 valence electrons. The Bertz CT molecular complexity index is 955. The van der Waals surface area contributed by atoms with Gasteiger partial charge in [-0.25, -0.2) is 0 Å². The number of ether oxygens (including phenoxy) is 1. The molecular weight excluding hydrogens is 416 g/mol. The molecular formula is C24H29ClN2O4. The average Bonchev–Trinajstić information content (AvgIpc) is 2.72. The molecule has 0 aromatic heterocycles. The number of anilines is 1. The second-order valence-corrected chi connectivity index (χ2v) is 9.17. The van der Waals surface area contributed by atoms with Crippen molar-refractivity contribution >= 4 is 23.2 Å². The smallest absolute Gasteiger partial charge is 0.221 e. The zero-order valence-electron chi connectivity index (χ0n) is 17.9. The van der Waals surface area contributed by atoms with Crippen LogP contribution in [-0.4, -0.2) is 46.3 Å². The van der Waals surface area contributed by atoms with Crippen molar-refractivity contribution in [2.24, 2.45) is 0 Å². The summed E-state index contributed by atoms with van der Waals surface area (Å²) in [6, 6.07) is 11.0. The molecule has 1 saturated heterocycles. The molecule has 1 spiro atoms. The molecule has 2 aliphatic rings. The van der Waals surface area contributed by atoms with E-state index in [1.54, 1.807) is 12.1 Å². The molecule has 7 heteroatoms. The van der Waals surface area contributed by atoms with Crippen molar-refractivity contribution in [2.45, 2.75) is 50.9 Å². The maximum atomic E-state index is 11.1. The maximum absolute atomic E-state index is 11.1. The van der Waals surface area contributed by atoms with Gasteiger partial charge in [-0.1, -0.05) is 23.7 Å². The number of nitrogens with zero attached hydrogens (tertiary/aromatic N) is 1. The number of piperidine rings is 1. The Kier molecular flexibility index (Phi) is 6.26. The minimum Gasteiger partial charge on any atom is -0.487 e. The van der Waals surface area contributed by atoms with Crippen LogP contribution >= 0.6 is 11.6 Å². The normalized spacial score (nSPS) is 21.3. The number of aryl methyl sites for hydroxylation is 1. The lowest BCUT2D eigenvalue weighted by Gasteiger charge is -2.46. The largest absolute Gasteiger partial charge is 0.487 e. The summed E-state index contributed by atoms with van der Waals surface area (Å²) in [6.45, 7) is 5.51. The molecule has 0 unspecified atom stereocenters. The van der Waals surface area contributed by atoms with Crippen molar-refractivity contribution in [3.05, 3.63) is 58.1 Å². The van der Waals surface area contributed by atoms with Gasteiger partial charge >= 0.3 is 0 Å². The van der Waals surface area contributed by atoms with Crippen LogP contribution in [0.15, 0.2) is 36.4 Å². The van der Waals surface area contributed by atoms with Crippen LogP contribution in [0.1, 0.15) is 55.1 Å². The summed E-state index contributed by atoms with van der Waals surface area (Å²) in [5, 5.41) is 24.8. The number of hydrogen-bond acceptors (Lipinski definition) is 5. The molecule has 0 saturated carbocycles. The number of carbonyl (C=O) groups excluding carboxylic acids is 1. The van der Waals surface area contributed by atoms with Gasteiger partial charge in [0.25, 0.3) is 0 Å². The number of hydrogen-bond donors (Lipinski definition) is 3. The van der Waals surface area contributed by atoms with E-state index in [0.29, 0.717) is 23.7 Å². The third-order valence-electron chi connectivity index (χ3n) is 6.36. The van der Waals surface area contributed by atoms with Gasteiger partial charge in [0, 0.05) is 49.3 Å². The highest BCUT2D eigenvalue weighted by Crippen LogP contribution is 2.45. The molecule has 2 aromatic carbocycles. The Morgan fingerprint density at radius 1 is 1.29 bits per heavy atom. The van der Waals surface area contributed by atoms with Gasteiger partial charge in [-0.05, 0) is 55.2 Å². The monoisotopic (exact) mass is 444 g/mol. The summed E-state index contributed by atoms with van der Waals surface area (Å²) >= 11 is 6.22. The van der Waals surface area contributed by atoms with Crippen LogP contribution in [0.5, 0.6) is 5.75 Å². The number of fused-ring (bicyclic) bond motifs is 1. The van der Waals surface area contributed by atoms with Gasteiger partial charge in [0.05, 0.1) is 12.2 Å². The highest BCUT2D eigenvalue weighted by atomic mass is 35.5. The third kappa shape index (κ3) is 4.88. The molecule has 0 radical (unpaired) electrons. The highest BCUT2D eigenvalue weighted by Gasteiger charge is 2.43. The fraction of sp³-hybridized carbons (Fsp3) is 0.458. The van der Waals surface area contributed by atoms with Crippen molar-refractivity contribution in [2.75, 3.05) is 25.0 Å². The van der Waals surface area contributed by atoms with E-state index in [4.69, 9.17) is 16.3 Å². The van der Waals surface area contributed by atoms with Gasteiger partial charge < -0.3 is 25.2 Å². The van der Waals surface area contributed by atoms with Crippen molar-refractivity contribution in [1.82, 2.24) is 4.90 Å². The van der Waals surface area contributed by atoms with E-state index >= 15 is 0 Å². The number of aliphatic hydroxyl groups is 2. The Balaban J connectivity index is 1.36. The molecule has 0 bridgehead atoms. The third-order valence-corrected chi connectivity index (χ3v) is 6.76. The SMILES string of the molecule is CC(=O)Nc1ccc([C@@H](O)CN2CCC3(CC2)C[C@H](O)c2cc(Cl)c(C)cc2O3)cc1. The fourth-order valence-corrected chi connectivity index (χ4v) is 4.72. The Morgan fingerprint density at radius 2 is 1.97 bits per heavy atom. The topological polar surface area (TPSA) is 82.0 Å². The van der Waals surface area contributed by atoms with Crippen molar-refractivity contribution < 1.29 is 19.7 Å². The van der Waals surface area contributed by atoms with Gasteiger partial charge in [0.2, 0.25) is 5.91 Å². The van der Waals surface area contributed by atoms with Gasteiger partial charge in [0.1, 0.15) is 11.4 Å². The first-order chi connectivity index (χ1) is 14.7. The highest BCUT2D eigenvalue weighted by molar-refractivity contribution is 6.31. The Morgan fingerprint density at radius 3 is 2.61 bits per heavy atom. The quantitative estimate of drug-likeness (QED) is 0.664. The van der Waals surface area contributed by atoms with Crippen molar-refractivity contribution in [3.8, 4) is 5.75 Å². The van der Waals surface area contributed by atoms with Crippen LogP contribution in [0.2, 0.25) is 5.02 Å². The first-order valence-corrected chi connectivity index (χ1v) is 11.1. The van der Waals surface area contributed by atoms with E-state index in [9.17, 15) is 15.0 Å². The molecule has 1 fully saturated rings. The number of likely N-dealkylation sites (tertiary alicyclic amines) is 1. The van der Waals surface area contributed by atoms with Crippen molar-refractivity contribution in [1.29, 1.82) is 0 Å². The molecule has 4 rings (SSSR count). The molecule has 2 heterocycles. The summed E-state index contributed by atoms with van der Waals surface area (Å²) in [6.07, 6.45) is 0.948. The van der Waals surface area contributed by atoms with Crippen LogP contribution in [-0.2, 0) is 4.79 Å². The van der Waals surface area contributed by atoms with Crippen LogP contribution < -0.4 is 10.1 Å². The molecule has 2 atom stereocenters. The minimum absolute atomic E-state index is 0.119. The minimum atomic E-state index is -0.608. The molecule has 31 heavy (non-hydrogen) atoms. The van der Waals surface area contributed by atoms with E-state index in [1.165, 1.54) is 6.92 Å². The number of aliphatic hydroxyl groups excluding tert-OH is 2. The second-order valence-electron chi connectivity index (χ2n) is 8.76. The molecule has 0 aliphatic carbocycles. The van der Waals surface area contributed by atoms with Crippen LogP contribution in [0, 0.1) is 6.92 Å². The van der Waals surface area contributed by atoms with E-state index in [1.807, 2.05) is 31.2 Å². The number of nitrogens with one attached hydrogen (secondary N) is 1. The van der Waals surface area contributed by atoms with E-state index in [0.717, 1.165) is 48.4 Å². The number of carbonyl (C=O) groups is 1. The lowest BCUT2D eigenvalue weighted by Crippen LogP contribution is -2.51. The first-order valence-electron chi connectivity index (χ1n) is 10.7. The van der Waals surface area contributed by atoms with E-state index in [-0.39, 0.29) is 11.5 Å². The first kappa shape index (κ1) is 22.1. The van der Waals surface area contributed by atoms with Crippen LogP contribution in [0.3, 0.4) is 0 Å².